The van der Waals surface area contributed by atoms with Gasteiger partial charge in [-0.15, -0.1) is 0 Å². The number of benzene rings is 1. The van der Waals surface area contributed by atoms with Crippen molar-refractivity contribution in [1.82, 2.24) is 5.32 Å². The SMILES string of the molecule is NC(=O)c1ccc2c(c1)NC(=S)NC2. The summed E-state index contributed by atoms with van der Waals surface area (Å²) in [6.07, 6.45) is 0. The molecule has 1 heterocycles. The molecule has 5 heteroatoms. The third-order valence-electron chi connectivity index (χ3n) is 2.08. The van der Waals surface area contributed by atoms with Gasteiger partial charge in [-0.1, -0.05) is 6.07 Å². The van der Waals surface area contributed by atoms with Gasteiger partial charge in [-0.2, -0.15) is 0 Å². The van der Waals surface area contributed by atoms with E-state index in [0.717, 1.165) is 11.3 Å². The molecule has 2 rings (SSSR count). The Morgan fingerprint density at radius 3 is 3.00 bits per heavy atom. The number of rotatable bonds is 1. The third-order valence-corrected chi connectivity index (χ3v) is 2.33. The topological polar surface area (TPSA) is 67.2 Å². The molecule has 0 aromatic heterocycles. The third kappa shape index (κ3) is 1.54. The van der Waals surface area contributed by atoms with Crippen LogP contribution in [0.25, 0.3) is 0 Å². The Morgan fingerprint density at radius 2 is 2.29 bits per heavy atom. The number of anilines is 1. The summed E-state index contributed by atoms with van der Waals surface area (Å²) in [5.74, 6) is -0.431. The smallest absolute Gasteiger partial charge is 0.248 e. The lowest BCUT2D eigenvalue weighted by Crippen LogP contribution is -2.33. The van der Waals surface area contributed by atoms with Gasteiger partial charge in [-0.25, -0.2) is 0 Å². The van der Waals surface area contributed by atoms with Crippen molar-refractivity contribution in [3.63, 3.8) is 0 Å². The van der Waals surface area contributed by atoms with Gasteiger partial charge < -0.3 is 16.4 Å². The second-order valence-corrected chi connectivity index (χ2v) is 3.45. The predicted molar refractivity (Wildman–Crippen MR) is 58.0 cm³/mol. The fourth-order valence-corrected chi connectivity index (χ4v) is 1.52. The molecule has 1 aliphatic heterocycles. The molecule has 0 fully saturated rings. The maximum Gasteiger partial charge on any atom is 0.248 e. The monoisotopic (exact) mass is 207 g/mol. The van der Waals surface area contributed by atoms with Crippen molar-refractivity contribution < 1.29 is 4.79 Å². The molecule has 0 unspecified atom stereocenters. The van der Waals surface area contributed by atoms with E-state index in [0.29, 0.717) is 17.2 Å². The van der Waals surface area contributed by atoms with Crippen LogP contribution < -0.4 is 16.4 Å². The number of carbonyl (C=O) groups is 1. The highest BCUT2D eigenvalue weighted by Gasteiger charge is 2.12. The zero-order chi connectivity index (χ0) is 10.1. The molecule has 14 heavy (non-hydrogen) atoms. The normalized spacial score (nSPS) is 13.9. The molecular formula is C9H9N3OS. The number of hydrogen-bond donors (Lipinski definition) is 3. The molecule has 0 saturated heterocycles. The minimum absolute atomic E-state index is 0.431. The van der Waals surface area contributed by atoms with Gasteiger partial charge in [0.1, 0.15) is 0 Å². The molecule has 72 valence electrons. The summed E-state index contributed by atoms with van der Waals surface area (Å²) in [5, 5.41) is 6.53. The Kier molecular flexibility index (Phi) is 2.09. The van der Waals surface area contributed by atoms with Crippen LogP contribution in [0, 0.1) is 0 Å². The van der Waals surface area contributed by atoms with Crippen LogP contribution in [0.2, 0.25) is 0 Å². The first-order chi connectivity index (χ1) is 6.66. The Balaban J connectivity index is 2.42. The molecule has 0 radical (unpaired) electrons. The second kappa shape index (κ2) is 3.26. The average molecular weight is 207 g/mol. The first kappa shape index (κ1) is 8.96. The fourth-order valence-electron chi connectivity index (χ4n) is 1.34. The maximum absolute atomic E-state index is 10.9. The summed E-state index contributed by atoms with van der Waals surface area (Å²) in [6, 6.07) is 5.28. The van der Waals surface area contributed by atoms with Crippen molar-refractivity contribution in [2.75, 3.05) is 5.32 Å². The largest absolute Gasteiger partial charge is 0.366 e. The first-order valence-corrected chi connectivity index (χ1v) is 4.55. The van der Waals surface area contributed by atoms with Crippen LogP contribution in [-0.4, -0.2) is 11.0 Å². The standard InChI is InChI=1S/C9H9N3OS/c10-8(13)5-1-2-6-4-11-9(14)12-7(6)3-5/h1-3H,4H2,(H2,10,13)(H2,11,12,14). The summed E-state index contributed by atoms with van der Waals surface area (Å²) in [5.41, 5.74) is 7.58. The van der Waals surface area contributed by atoms with E-state index in [9.17, 15) is 4.79 Å². The van der Waals surface area contributed by atoms with Gasteiger partial charge in [0.25, 0.3) is 0 Å². The van der Waals surface area contributed by atoms with Crippen LogP contribution in [0.3, 0.4) is 0 Å². The highest BCUT2D eigenvalue weighted by atomic mass is 32.1. The molecule has 0 saturated carbocycles. The zero-order valence-electron chi connectivity index (χ0n) is 7.33. The van der Waals surface area contributed by atoms with Crippen LogP contribution in [0.1, 0.15) is 15.9 Å². The summed E-state index contributed by atoms with van der Waals surface area (Å²) in [4.78, 5) is 10.9. The zero-order valence-corrected chi connectivity index (χ0v) is 8.15. The molecule has 4 nitrogen and oxygen atoms in total. The minimum atomic E-state index is -0.431. The van der Waals surface area contributed by atoms with Crippen molar-refractivity contribution in [3.05, 3.63) is 29.3 Å². The lowest BCUT2D eigenvalue weighted by atomic mass is 10.1. The second-order valence-electron chi connectivity index (χ2n) is 3.04. The first-order valence-electron chi connectivity index (χ1n) is 4.14. The van der Waals surface area contributed by atoms with Gasteiger partial charge in [0.2, 0.25) is 5.91 Å². The summed E-state index contributed by atoms with van der Waals surface area (Å²) >= 11 is 4.95. The summed E-state index contributed by atoms with van der Waals surface area (Å²) < 4.78 is 0. The molecule has 1 amide bonds. The Labute approximate surface area is 86.5 Å². The molecular weight excluding hydrogens is 198 g/mol. The van der Waals surface area contributed by atoms with Gasteiger partial charge in [0, 0.05) is 17.8 Å². The van der Waals surface area contributed by atoms with Crippen LogP contribution in [0.5, 0.6) is 0 Å². The van der Waals surface area contributed by atoms with Crippen molar-refractivity contribution in [1.29, 1.82) is 0 Å². The van der Waals surface area contributed by atoms with Gasteiger partial charge >= 0.3 is 0 Å². The predicted octanol–water partition coefficient (Wildman–Crippen LogP) is 0.586. The molecule has 0 bridgehead atoms. The van der Waals surface area contributed by atoms with E-state index in [1.807, 2.05) is 6.07 Å². The van der Waals surface area contributed by atoms with E-state index in [4.69, 9.17) is 18.0 Å². The number of primary amides is 1. The lowest BCUT2D eigenvalue weighted by Gasteiger charge is -2.20. The summed E-state index contributed by atoms with van der Waals surface area (Å²) in [6.45, 7) is 0.681. The van der Waals surface area contributed by atoms with E-state index < -0.39 is 5.91 Å². The van der Waals surface area contributed by atoms with Crippen LogP contribution in [0.4, 0.5) is 5.69 Å². The van der Waals surface area contributed by atoms with Crippen LogP contribution >= 0.6 is 12.2 Å². The highest BCUT2D eigenvalue weighted by molar-refractivity contribution is 7.80. The van der Waals surface area contributed by atoms with E-state index in [2.05, 4.69) is 10.6 Å². The number of fused-ring (bicyclic) bond motifs is 1. The van der Waals surface area contributed by atoms with Crippen LogP contribution in [-0.2, 0) is 6.54 Å². The van der Waals surface area contributed by atoms with Crippen LogP contribution in [0.15, 0.2) is 18.2 Å². The molecule has 1 aromatic rings. The van der Waals surface area contributed by atoms with Gasteiger partial charge in [-0.05, 0) is 29.9 Å². The maximum atomic E-state index is 10.9. The Hall–Kier alpha value is -1.62. The van der Waals surface area contributed by atoms with Crippen molar-refractivity contribution in [2.45, 2.75) is 6.54 Å². The molecule has 1 aromatic carbocycles. The van der Waals surface area contributed by atoms with Gasteiger partial charge in [0.05, 0.1) is 0 Å². The van der Waals surface area contributed by atoms with Crippen molar-refractivity contribution >= 4 is 28.9 Å². The van der Waals surface area contributed by atoms with E-state index in [-0.39, 0.29) is 0 Å². The lowest BCUT2D eigenvalue weighted by molar-refractivity contribution is 0.100. The average Bonchev–Trinajstić information content (AvgIpc) is 2.16. The quantitative estimate of drug-likeness (QED) is 0.589. The minimum Gasteiger partial charge on any atom is -0.366 e. The number of hydrogen-bond acceptors (Lipinski definition) is 2. The highest BCUT2D eigenvalue weighted by Crippen LogP contribution is 2.20. The number of nitrogens with one attached hydrogen (secondary N) is 2. The van der Waals surface area contributed by atoms with Gasteiger partial charge in [-0.3, -0.25) is 4.79 Å². The summed E-state index contributed by atoms with van der Waals surface area (Å²) in [7, 11) is 0. The number of amides is 1. The number of nitrogens with two attached hydrogens (primary N) is 1. The number of thiocarbonyl (C=S) groups is 1. The molecule has 0 spiro atoms. The number of carbonyl (C=O) groups excluding carboxylic acids is 1. The molecule has 0 atom stereocenters. The Morgan fingerprint density at radius 1 is 1.50 bits per heavy atom. The molecule has 1 aliphatic rings. The van der Waals surface area contributed by atoms with E-state index in [1.54, 1.807) is 12.1 Å². The fraction of sp³-hybridized carbons (Fsp3) is 0.111. The van der Waals surface area contributed by atoms with E-state index in [1.165, 1.54) is 0 Å². The van der Waals surface area contributed by atoms with Gasteiger partial charge in [0.15, 0.2) is 5.11 Å². The molecule has 4 N–H and O–H groups in total. The van der Waals surface area contributed by atoms with Crippen molar-refractivity contribution in [2.24, 2.45) is 5.73 Å². The molecule has 0 aliphatic carbocycles. The van der Waals surface area contributed by atoms with E-state index >= 15 is 0 Å². The van der Waals surface area contributed by atoms with Crippen molar-refractivity contribution in [3.8, 4) is 0 Å². The Bertz CT molecular complexity index is 417.